The van der Waals surface area contributed by atoms with Crippen molar-refractivity contribution in [2.24, 2.45) is 0 Å². The van der Waals surface area contributed by atoms with E-state index in [4.69, 9.17) is 27.6 Å². The van der Waals surface area contributed by atoms with Crippen LogP contribution in [0.5, 0.6) is 5.75 Å². The molecule has 0 spiro atoms. The van der Waals surface area contributed by atoms with Crippen LogP contribution in [0.4, 0.5) is 0 Å². The standard InChI is InChI=1S/C8H9Cl2IOSi/c1-13(2)12-6-4-3-5(11)7(9)8(6)10/h3-4,13H,1-2H3. The summed E-state index contributed by atoms with van der Waals surface area (Å²) in [4.78, 5) is 0. The van der Waals surface area contributed by atoms with E-state index in [0.717, 1.165) is 3.57 Å². The van der Waals surface area contributed by atoms with Crippen LogP contribution in [0, 0.1) is 3.57 Å². The largest absolute Gasteiger partial charge is 0.546 e. The average Bonchev–Trinajstić information content (AvgIpc) is 2.06. The summed E-state index contributed by atoms with van der Waals surface area (Å²) in [6.45, 7) is 4.17. The van der Waals surface area contributed by atoms with Gasteiger partial charge in [-0.05, 0) is 47.8 Å². The van der Waals surface area contributed by atoms with E-state index in [-0.39, 0.29) is 0 Å². The Hall–Kier alpha value is 0.547. The van der Waals surface area contributed by atoms with Crippen molar-refractivity contribution in [1.82, 2.24) is 0 Å². The molecule has 0 aromatic heterocycles. The molecule has 1 rings (SSSR count). The molecular formula is C8H9Cl2IOSi. The Kier molecular flexibility index (Phi) is 4.35. The fourth-order valence-corrected chi connectivity index (χ4v) is 2.61. The first-order chi connectivity index (χ1) is 6.02. The Bertz CT molecular complexity index is 317. The van der Waals surface area contributed by atoms with Gasteiger partial charge in [0, 0.05) is 3.57 Å². The highest BCUT2D eigenvalue weighted by Gasteiger charge is 2.10. The van der Waals surface area contributed by atoms with Gasteiger partial charge in [0.05, 0.1) is 5.02 Å². The normalized spacial score (nSPS) is 10.6. The second-order valence-corrected chi connectivity index (χ2v) is 7.09. The van der Waals surface area contributed by atoms with E-state index in [1.165, 1.54) is 0 Å². The van der Waals surface area contributed by atoms with Crippen molar-refractivity contribution in [2.75, 3.05) is 0 Å². The minimum atomic E-state index is -1.11. The molecule has 72 valence electrons. The summed E-state index contributed by atoms with van der Waals surface area (Å²) in [7, 11) is -1.11. The molecule has 1 aromatic carbocycles. The first-order valence-corrected chi connectivity index (χ1v) is 8.44. The van der Waals surface area contributed by atoms with Crippen LogP contribution in [-0.4, -0.2) is 9.04 Å². The van der Waals surface area contributed by atoms with Crippen molar-refractivity contribution in [3.05, 3.63) is 25.7 Å². The molecule has 0 aliphatic carbocycles. The fraction of sp³-hybridized carbons (Fsp3) is 0.250. The molecule has 0 fully saturated rings. The number of hydrogen-bond donors (Lipinski definition) is 0. The summed E-state index contributed by atoms with van der Waals surface area (Å²) in [5.41, 5.74) is 0. The molecule has 0 bridgehead atoms. The van der Waals surface area contributed by atoms with Gasteiger partial charge in [-0.15, -0.1) is 0 Å². The quantitative estimate of drug-likeness (QED) is 0.447. The fourth-order valence-electron chi connectivity index (χ4n) is 0.853. The molecule has 0 amide bonds. The number of benzene rings is 1. The predicted octanol–water partition coefficient (Wildman–Crippen LogP) is 3.96. The van der Waals surface area contributed by atoms with Gasteiger partial charge in [0.15, 0.2) is 0 Å². The Morgan fingerprint density at radius 3 is 2.38 bits per heavy atom. The molecule has 0 saturated heterocycles. The van der Waals surface area contributed by atoms with Crippen molar-refractivity contribution in [3.8, 4) is 5.75 Å². The van der Waals surface area contributed by atoms with Crippen molar-refractivity contribution in [2.45, 2.75) is 13.1 Å². The van der Waals surface area contributed by atoms with Gasteiger partial charge in [-0.25, -0.2) is 0 Å². The van der Waals surface area contributed by atoms with E-state index in [2.05, 4.69) is 35.7 Å². The molecule has 0 saturated carbocycles. The second kappa shape index (κ2) is 4.86. The van der Waals surface area contributed by atoms with Crippen molar-refractivity contribution in [1.29, 1.82) is 0 Å². The zero-order chi connectivity index (χ0) is 10.0. The molecule has 1 aromatic rings. The monoisotopic (exact) mass is 346 g/mol. The van der Waals surface area contributed by atoms with E-state index < -0.39 is 9.04 Å². The lowest BCUT2D eigenvalue weighted by Gasteiger charge is -2.12. The molecule has 0 heterocycles. The molecule has 0 atom stereocenters. The molecular weight excluding hydrogens is 338 g/mol. The van der Waals surface area contributed by atoms with Crippen LogP contribution in [0.2, 0.25) is 23.1 Å². The predicted molar refractivity (Wildman–Crippen MR) is 68.7 cm³/mol. The van der Waals surface area contributed by atoms with Gasteiger partial charge in [0.25, 0.3) is 0 Å². The van der Waals surface area contributed by atoms with Gasteiger partial charge in [-0.3, -0.25) is 0 Å². The van der Waals surface area contributed by atoms with Gasteiger partial charge in [-0.1, -0.05) is 23.2 Å². The average molecular weight is 347 g/mol. The van der Waals surface area contributed by atoms with E-state index in [1.807, 2.05) is 12.1 Å². The minimum Gasteiger partial charge on any atom is -0.546 e. The smallest absolute Gasteiger partial charge is 0.229 e. The summed E-state index contributed by atoms with van der Waals surface area (Å²) in [5, 5.41) is 1.10. The summed E-state index contributed by atoms with van der Waals surface area (Å²) >= 11 is 14.1. The van der Waals surface area contributed by atoms with Crippen LogP contribution >= 0.6 is 45.8 Å². The molecule has 0 unspecified atom stereocenters. The molecule has 0 radical (unpaired) electrons. The third-order valence-electron chi connectivity index (χ3n) is 1.36. The highest BCUT2D eigenvalue weighted by atomic mass is 127. The minimum absolute atomic E-state index is 0.523. The topological polar surface area (TPSA) is 9.23 Å². The van der Waals surface area contributed by atoms with Gasteiger partial charge in [0.1, 0.15) is 10.8 Å². The maximum absolute atomic E-state index is 6.00. The molecule has 0 aliphatic heterocycles. The van der Waals surface area contributed by atoms with Crippen molar-refractivity contribution < 1.29 is 4.43 Å². The van der Waals surface area contributed by atoms with E-state index in [0.29, 0.717) is 15.8 Å². The summed E-state index contributed by atoms with van der Waals surface area (Å²) < 4.78 is 6.55. The number of rotatable bonds is 2. The van der Waals surface area contributed by atoms with E-state index in [9.17, 15) is 0 Å². The van der Waals surface area contributed by atoms with E-state index in [1.54, 1.807) is 0 Å². The van der Waals surface area contributed by atoms with Gasteiger partial charge >= 0.3 is 0 Å². The highest BCUT2D eigenvalue weighted by molar-refractivity contribution is 14.1. The second-order valence-electron chi connectivity index (χ2n) is 2.84. The first kappa shape index (κ1) is 11.6. The van der Waals surface area contributed by atoms with Gasteiger partial charge in [-0.2, -0.15) is 0 Å². The molecule has 0 aliphatic rings. The first-order valence-electron chi connectivity index (χ1n) is 3.82. The molecule has 13 heavy (non-hydrogen) atoms. The Balaban J connectivity index is 3.04. The molecule has 1 nitrogen and oxygen atoms in total. The third kappa shape index (κ3) is 3.01. The Morgan fingerprint density at radius 2 is 1.85 bits per heavy atom. The zero-order valence-electron chi connectivity index (χ0n) is 7.27. The molecule has 5 heteroatoms. The summed E-state index contributed by atoms with van der Waals surface area (Å²) in [6.07, 6.45) is 0. The highest BCUT2D eigenvalue weighted by Crippen LogP contribution is 2.35. The SMILES string of the molecule is C[SiH](C)Oc1ccc(I)c(Cl)c1Cl. The Labute approximate surface area is 103 Å². The van der Waals surface area contributed by atoms with Crippen molar-refractivity contribution >= 4 is 54.8 Å². The number of halogens is 3. The lowest BCUT2D eigenvalue weighted by atomic mass is 10.3. The van der Waals surface area contributed by atoms with E-state index >= 15 is 0 Å². The van der Waals surface area contributed by atoms with Gasteiger partial charge < -0.3 is 4.43 Å². The zero-order valence-corrected chi connectivity index (χ0v) is 12.1. The van der Waals surface area contributed by atoms with Crippen molar-refractivity contribution in [3.63, 3.8) is 0 Å². The third-order valence-corrected chi connectivity index (χ3v) is 4.17. The van der Waals surface area contributed by atoms with Crippen LogP contribution < -0.4 is 4.43 Å². The van der Waals surface area contributed by atoms with Crippen LogP contribution in [0.3, 0.4) is 0 Å². The lowest BCUT2D eigenvalue weighted by molar-refractivity contribution is 0.581. The summed E-state index contributed by atoms with van der Waals surface area (Å²) in [6, 6.07) is 3.77. The number of hydrogen-bond acceptors (Lipinski definition) is 1. The lowest BCUT2D eigenvalue weighted by Crippen LogP contribution is -2.11. The molecule has 0 N–H and O–H groups in total. The van der Waals surface area contributed by atoms with Crippen LogP contribution in [0.25, 0.3) is 0 Å². The van der Waals surface area contributed by atoms with Gasteiger partial charge in [0.2, 0.25) is 9.04 Å². The Morgan fingerprint density at radius 1 is 1.23 bits per heavy atom. The maximum atomic E-state index is 6.00. The van der Waals surface area contributed by atoms with Crippen LogP contribution in [0.15, 0.2) is 12.1 Å². The van der Waals surface area contributed by atoms with Crippen LogP contribution in [0.1, 0.15) is 0 Å². The van der Waals surface area contributed by atoms with Crippen LogP contribution in [-0.2, 0) is 0 Å². The maximum Gasteiger partial charge on any atom is 0.229 e. The summed E-state index contributed by atoms with van der Waals surface area (Å²) in [5.74, 6) is 0.703.